The summed E-state index contributed by atoms with van der Waals surface area (Å²) in [7, 11) is 0. The second-order valence-corrected chi connectivity index (χ2v) is 9.28. The van der Waals surface area contributed by atoms with E-state index in [0.717, 1.165) is 36.5 Å². The molecule has 2 aliphatic heterocycles. The van der Waals surface area contributed by atoms with Crippen molar-refractivity contribution in [1.29, 1.82) is 0 Å². The number of halogens is 3. The van der Waals surface area contributed by atoms with Gasteiger partial charge in [0.05, 0.1) is 12.5 Å². The SMILES string of the molecule is C=C(C)/C=C\C(=C/C)C(=C)CCC1CCCCC1.FC(F)(F)C1CN=C(C2=CCCN=C2)C1. The molecule has 1 fully saturated rings. The highest BCUT2D eigenvalue weighted by atomic mass is 19.4. The zero-order valence-corrected chi connectivity index (χ0v) is 20.3. The van der Waals surface area contributed by atoms with E-state index in [1.54, 1.807) is 6.21 Å². The molecule has 3 rings (SSSR count). The van der Waals surface area contributed by atoms with Crippen LogP contribution < -0.4 is 0 Å². The third kappa shape index (κ3) is 9.69. The highest BCUT2D eigenvalue weighted by Gasteiger charge is 2.42. The topological polar surface area (TPSA) is 24.7 Å². The maximum Gasteiger partial charge on any atom is 0.393 e. The summed E-state index contributed by atoms with van der Waals surface area (Å²) in [5.74, 6) is -0.359. The number of alkyl halides is 3. The lowest BCUT2D eigenvalue weighted by Crippen LogP contribution is -2.24. The van der Waals surface area contributed by atoms with Crippen LogP contribution in [0.3, 0.4) is 0 Å². The van der Waals surface area contributed by atoms with Crippen LogP contribution in [0.25, 0.3) is 0 Å². The monoisotopic (exact) mass is 460 g/mol. The lowest BCUT2D eigenvalue weighted by Gasteiger charge is -2.21. The van der Waals surface area contributed by atoms with E-state index < -0.39 is 12.1 Å². The van der Waals surface area contributed by atoms with Crippen LogP contribution in [0.2, 0.25) is 0 Å². The minimum absolute atomic E-state index is 0.00134. The molecule has 1 aliphatic carbocycles. The van der Waals surface area contributed by atoms with Crippen LogP contribution in [0.5, 0.6) is 0 Å². The van der Waals surface area contributed by atoms with Crippen molar-refractivity contribution >= 4 is 11.9 Å². The van der Waals surface area contributed by atoms with Crippen LogP contribution in [0, 0.1) is 11.8 Å². The summed E-state index contributed by atoms with van der Waals surface area (Å²) >= 11 is 0. The minimum atomic E-state index is -4.13. The lowest BCUT2D eigenvalue weighted by molar-refractivity contribution is -0.167. The first-order valence-corrected chi connectivity index (χ1v) is 12.2. The molecule has 0 aromatic carbocycles. The fraction of sp³-hybridized carbons (Fsp3) is 0.571. The van der Waals surface area contributed by atoms with Gasteiger partial charge < -0.3 is 0 Å². The van der Waals surface area contributed by atoms with Crippen molar-refractivity contribution in [2.75, 3.05) is 13.1 Å². The Morgan fingerprint density at radius 1 is 1.15 bits per heavy atom. The average molecular weight is 461 g/mol. The molecule has 1 atom stereocenters. The molecule has 0 N–H and O–H groups in total. The summed E-state index contributed by atoms with van der Waals surface area (Å²) in [6.07, 6.45) is 16.2. The zero-order chi connectivity index (χ0) is 24.3. The normalized spacial score (nSPS) is 22.0. The third-order valence-corrected chi connectivity index (χ3v) is 6.44. The molecule has 0 aromatic rings. The molecule has 33 heavy (non-hydrogen) atoms. The van der Waals surface area contributed by atoms with E-state index in [9.17, 15) is 13.2 Å². The molecule has 2 heterocycles. The van der Waals surface area contributed by atoms with Gasteiger partial charge in [-0.2, -0.15) is 13.2 Å². The van der Waals surface area contributed by atoms with Gasteiger partial charge in [0.15, 0.2) is 0 Å². The van der Waals surface area contributed by atoms with Crippen LogP contribution in [0.15, 0.2) is 69.7 Å². The molecule has 0 amide bonds. The quantitative estimate of drug-likeness (QED) is 0.341. The Morgan fingerprint density at radius 2 is 1.88 bits per heavy atom. The molecular weight excluding hydrogens is 421 g/mol. The van der Waals surface area contributed by atoms with E-state index in [4.69, 9.17) is 0 Å². The van der Waals surface area contributed by atoms with Gasteiger partial charge in [0.2, 0.25) is 0 Å². The molecule has 1 saturated carbocycles. The maximum absolute atomic E-state index is 12.4. The number of nitrogens with zero attached hydrogens (tertiary/aromatic N) is 2. The Labute approximate surface area is 197 Å². The van der Waals surface area contributed by atoms with Crippen molar-refractivity contribution in [2.45, 2.75) is 77.8 Å². The van der Waals surface area contributed by atoms with Gasteiger partial charge in [-0.1, -0.05) is 75.1 Å². The number of allylic oxidation sites excluding steroid dienone is 7. The Bertz CT molecular complexity index is 819. The van der Waals surface area contributed by atoms with E-state index in [1.165, 1.54) is 49.7 Å². The molecule has 1 unspecified atom stereocenters. The van der Waals surface area contributed by atoms with Crippen LogP contribution in [0.1, 0.15) is 71.6 Å². The van der Waals surface area contributed by atoms with E-state index in [1.807, 2.05) is 13.0 Å². The number of dihydropyridines is 1. The van der Waals surface area contributed by atoms with Crippen LogP contribution in [-0.2, 0) is 0 Å². The van der Waals surface area contributed by atoms with Crippen molar-refractivity contribution < 1.29 is 13.2 Å². The Balaban J connectivity index is 0.000000237. The van der Waals surface area contributed by atoms with Gasteiger partial charge in [-0.15, -0.1) is 0 Å². The van der Waals surface area contributed by atoms with Gasteiger partial charge in [-0.25, -0.2) is 0 Å². The smallest absolute Gasteiger partial charge is 0.292 e. The number of hydrogen-bond donors (Lipinski definition) is 0. The van der Waals surface area contributed by atoms with Gasteiger partial charge in [-0.3, -0.25) is 9.98 Å². The molecule has 3 aliphatic rings. The highest BCUT2D eigenvalue weighted by Crippen LogP contribution is 2.34. The van der Waals surface area contributed by atoms with Crippen molar-refractivity contribution in [3.8, 4) is 0 Å². The lowest BCUT2D eigenvalue weighted by atomic mass is 9.84. The molecule has 2 nitrogen and oxygen atoms in total. The first kappa shape index (κ1) is 27.1. The van der Waals surface area contributed by atoms with Crippen LogP contribution in [0.4, 0.5) is 13.2 Å². The summed E-state index contributed by atoms with van der Waals surface area (Å²) in [4.78, 5) is 7.98. The Kier molecular flexibility index (Phi) is 11.1. The van der Waals surface area contributed by atoms with Crippen LogP contribution in [-0.4, -0.2) is 31.2 Å². The van der Waals surface area contributed by atoms with Gasteiger partial charge >= 0.3 is 6.18 Å². The van der Waals surface area contributed by atoms with Crippen molar-refractivity contribution in [3.05, 3.63) is 59.8 Å². The summed E-state index contributed by atoms with van der Waals surface area (Å²) in [5, 5.41) is 0. The molecule has 0 bridgehead atoms. The van der Waals surface area contributed by atoms with Gasteiger partial charge in [-0.05, 0) is 50.2 Å². The largest absolute Gasteiger partial charge is 0.393 e. The predicted octanol–water partition coefficient (Wildman–Crippen LogP) is 8.39. The predicted molar refractivity (Wildman–Crippen MR) is 135 cm³/mol. The van der Waals surface area contributed by atoms with E-state index in [-0.39, 0.29) is 13.0 Å². The molecule has 182 valence electrons. The first-order valence-electron chi connectivity index (χ1n) is 12.2. The number of hydrogen-bond acceptors (Lipinski definition) is 2. The molecule has 5 heteroatoms. The van der Waals surface area contributed by atoms with Crippen LogP contribution >= 0.6 is 0 Å². The molecule has 0 radical (unpaired) electrons. The van der Waals surface area contributed by atoms with E-state index >= 15 is 0 Å². The fourth-order valence-electron chi connectivity index (χ4n) is 4.36. The standard InChI is InChI=1S/C18H28.C10H11F3N2/c1-5-18(14-11-15(2)3)16(4)12-13-17-9-7-6-8-10-17;11-10(12,13)8-4-9(15-6-8)7-2-1-3-14-5-7/h5,11,14,17H,2,4,6-10,12-13H2,1,3H3;2,5,8H,1,3-4,6H2/b14-11-,18-5+;. The molecule has 0 spiro atoms. The first-order chi connectivity index (χ1) is 15.7. The summed E-state index contributed by atoms with van der Waals surface area (Å²) in [6.45, 7) is 12.8. The second kappa shape index (κ2) is 13.5. The fourth-order valence-corrected chi connectivity index (χ4v) is 4.36. The Hall–Kier alpha value is -2.17. The zero-order valence-electron chi connectivity index (χ0n) is 20.3. The number of aliphatic imine (C=N–C) groups is 2. The summed E-state index contributed by atoms with van der Waals surface area (Å²) < 4.78 is 37.1. The van der Waals surface area contributed by atoms with Gasteiger partial charge in [0, 0.05) is 30.5 Å². The highest BCUT2D eigenvalue weighted by molar-refractivity contribution is 6.17. The summed E-state index contributed by atoms with van der Waals surface area (Å²) in [5.41, 5.74) is 4.97. The van der Waals surface area contributed by atoms with Crippen molar-refractivity contribution in [2.24, 2.45) is 21.8 Å². The molecular formula is C28H39F3N2. The van der Waals surface area contributed by atoms with Crippen molar-refractivity contribution in [3.63, 3.8) is 0 Å². The van der Waals surface area contributed by atoms with Gasteiger partial charge in [0.25, 0.3) is 0 Å². The summed E-state index contributed by atoms with van der Waals surface area (Å²) in [6, 6.07) is 0. The average Bonchev–Trinajstić information content (AvgIpc) is 3.31. The minimum Gasteiger partial charge on any atom is -0.292 e. The molecule has 0 saturated heterocycles. The van der Waals surface area contributed by atoms with E-state index in [0.29, 0.717) is 5.71 Å². The Morgan fingerprint density at radius 3 is 2.42 bits per heavy atom. The van der Waals surface area contributed by atoms with Crippen molar-refractivity contribution in [1.82, 2.24) is 0 Å². The number of rotatable bonds is 7. The van der Waals surface area contributed by atoms with Gasteiger partial charge in [0.1, 0.15) is 0 Å². The van der Waals surface area contributed by atoms with E-state index in [2.05, 4.69) is 48.3 Å². The third-order valence-electron chi connectivity index (χ3n) is 6.44. The molecule has 0 aromatic heterocycles. The second-order valence-electron chi connectivity index (χ2n) is 9.28. The maximum atomic E-state index is 12.4.